The third-order valence-electron chi connectivity index (χ3n) is 5.33. The fourth-order valence-electron chi connectivity index (χ4n) is 3.86. The van der Waals surface area contributed by atoms with Crippen LogP contribution in [0.5, 0.6) is 17.2 Å². The summed E-state index contributed by atoms with van der Waals surface area (Å²) in [5.41, 5.74) is 2.79. The SMILES string of the molecule is COc1cc(C(=O)N2CCC[C@@H]2c2ccc3c(c2)OCCCO3)ccc1C. The first-order valence-electron chi connectivity index (χ1n) is 9.52. The summed E-state index contributed by atoms with van der Waals surface area (Å²) >= 11 is 0. The number of methoxy groups -OCH3 is 1. The van der Waals surface area contributed by atoms with E-state index < -0.39 is 0 Å². The van der Waals surface area contributed by atoms with E-state index in [1.807, 2.05) is 42.2 Å². The summed E-state index contributed by atoms with van der Waals surface area (Å²) in [5.74, 6) is 2.35. The molecule has 4 rings (SSSR count). The number of hydrogen-bond donors (Lipinski definition) is 0. The van der Waals surface area contributed by atoms with Gasteiger partial charge in [-0.05, 0) is 55.2 Å². The Kier molecular flexibility index (Phi) is 4.92. The van der Waals surface area contributed by atoms with E-state index in [1.54, 1.807) is 7.11 Å². The number of ether oxygens (including phenoxy) is 3. The van der Waals surface area contributed by atoms with Crippen molar-refractivity contribution in [1.82, 2.24) is 4.90 Å². The first-order chi connectivity index (χ1) is 13.2. The molecular formula is C22H25NO4. The van der Waals surface area contributed by atoms with Gasteiger partial charge < -0.3 is 19.1 Å². The molecule has 27 heavy (non-hydrogen) atoms. The zero-order valence-corrected chi connectivity index (χ0v) is 15.9. The maximum Gasteiger partial charge on any atom is 0.254 e. The lowest BCUT2D eigenvalue weighted by atomic mass is 10.0. The molecule has 0 aliphatic carbocycles. The zero-order chi connectivity index (χ0) is 18.8. The second-order valence-electron chi connectivity index (χ2n) is 7.10. The summed E-state index contributed by atoms with van der Waals surface area (Å²) in [6, 6.07) is 11.8. The number of likely N-dealkylation sites (tertiary alicyclic amines) is 1. The van der Waals surface area contributed by atoms with Gasteiger partial charge in [-0.15, -0.1) is 0 Å². The van der Waals surface area contributed by atoms with Crippen LogP contribution in [0.1, 0.15) is 46.8 Å². The number of carbonyl (C=O) groups is 1. The summed E-state index contributed by atoms with van der Waals surface area (Å²) in [4.78, 5) is 15.1. The van der Waals surface area contributed by atoms with Gasteiger partial charge in [-0.25, -0.2) is 0 Å². The Hall–Kier alpha value is -2.69. The first-order valence-corrected chi connectivity index (χ1v) is 9.52. The van der Waals surface area contributed by atoms with E-state index in [4.69, 9.17) is 14.2 Å². The van der Waals surface area contributed by atoms with Gasteiger partial charge in [0.1, 0.15) is 5.75 Å². The van der Waals surface area contributed by atoms with Gasteiger partial charge in [0.05, 0.1) is 26.4 Å². The third-order valence-corrected chi connectivity index (χ3v) is 5.33. The summed E-state index contributed by atoms with van der Waals surface area (Å²) in [6.45, 7) is 4.07. The molecule has 5 heteroatoms. The van der Waals surface area contributed by atoms with Crippen LogP contribution in [-0.4, -0.2) is 37.7 Å². The highest BCUT2D eigenvalue weighted by molar-refractivity contribution is 5.95. The molecular weight excluding hydrogens is 342 g/mol. The van der Waals surface area contributed by atoms with Crippen LogP contribution in [0.4, 0.5) is 0 Å². The van der Waals surface area contributed by atoms with Gasteiger partial charge >= 0.3 is 0 Å². The number of benzene rings is 2. The predicted octanol–water partition coefficient (Wildman–Crippen LogP) is 4.14. The maximum atomic E-state index is 13.2. The lowest BCUT2D eigenvalue weighted by Crippen LogP contribution is -2.30. The monoisotopic (exact) mass is 367 g/mol. The molecule has 5 nitrogen and oxygen atoms in total. The normalized spacial score (nSPS) is 18.9. The van der Waals surface area contributed by atoms with E-state index >= 15 is 0 Å². The highest BCUT2D eigenvalue weighted by Gasteiger charge is 2.31. The zero-order valence-electron chi connectivity index (χ0n) is 15.9. The highest BCUT2D eigenvalue weighted by Crippen LogP contribution is 2.38. The van der Waals surface area contributed by atoms with E-state index in [0.717, 1.165) is 54.2 Å². The molecule has 142 valence electrons. The molecule has 1 amide bonds. The molecule has 0 N–H and O–H groups in total. The second kappa shape index (κ2) is 7.51. The van der Waals surface area contributed by atoms with E-state index in [0.29, 0.717) is 18.8 Å². The molecule has 2 aliphatic heterocycles. The van der Waals surface area contributed by atoms with Gasteiger partial charge in [0.2, 0.25) is 0 Å². The predicted molar refractivity (Wildman–Crippen MR) is 103 cm³/mol. The van der Waals surface area contributed by atoms with Crippen molar-refractivity contribution in [3.8, 4) is 17.2 Å². The molecule has 0 unspecified atom stereocenters. The quantitative estimate of drug-likeness (QED) is 0.818. The molecule has 0 spiro atoms. The van der Waals surface area contributed by atoms with Crippen LogP contribution < -0.4 is 14.2 Å². The van der Waals surface area contributed by atoms with Crippen molar-refractivity contribution in [2.24, 2.45) is 0 Å². The minimum atomic E-state index is 0.0444. The van der Waals surface area contributed by atoms with Crippen molar-refractivity contribution in [3.63, 3.8) is 0 Å². The lowest BCUT2D eigenvalue weighted by Gasteiger charge is -2.26. The smallest absolute Gasteiger partial charge is 0.254 e. The van der Waals surface area contributed by atoms with Gasteiger partial charge in [0.15, 0.2) is 11.5 Å². The van der Waals surface area contributed by atoms with E-state index in [2.05, 4.69) is 6.07 Å². The minimum absolute atomic E-state index is 0.0444. The fraction of sp³-hybridized carbons (Fsp3) is 0.409. The van der Waals surface area contributed by atoms with Gasteiger partial charge in [-0.1, -0.05) is 12.1 Å². The second-order valence-corrected chi connectivity index (χ2v) is 7.10. The molecule has 1 atom stereocenters. The Bertz CT molecular complexity index is 848. The van der Waals surface area contributed by atoms with Crippen LogP contribution in [0.2, 0.25) is 0 Å². The average molecular weight is 367 g/mol. The van der Waals surface area contributed by atoms with E-state index in [-0.39, 0.29) is 11.9 Å². The number of rotatable bonds is 3. The van der Waals surface area contributed by atoms with Gasteiger partial charge in [0, 0.05) is 18.5 Å². The maximum absolute atomic E-state index is 13.2. The van der Waals surface area contributed by atoms with Crippen LogP contribution >= 0.6 is 0 Å². The number of aryl methyl sites for hydroxylation is 1. The number of carbonyl (C=O) groups excluding carboxylic acids is 1. The summed E-state index contributed by atoms with van der Waals surface area (Å²) < 4.78 is 16.9. The first kappa shape index (κ1) is 17.7. The topological polar surface area (TPSA) is 48.0 Å². The Morgan fingerprint density at radius 3 is 2.70 bits per heavy atom. The summed E-state index contributed by atoms with van der Waals surface area (Å²) in [5, 5.41) is 0. The molecule has 0 aromatic heterocycles. The van der Waals surface area contributed by atoms with E-state index in [9.17, 15) is 4.79 Å². The van der Waals surface area contributed by atoms with Crippen molar-refractivity contribution in [1.29, 1.82) is 0 Å². The Morgan fingerprint density at radius 2 is 1.89 bits per heavy atom. The average Bonchev–Trinajstić information content (AvgIpc) is 3.06. The molecule has 0 radical (unpaired) electrons. The van der Waals surface area contributed by atoms with Crippen molar-refractivity contribution in [2.45, 2.75) is 32.2 Å². The molecule has 1 fully saturated rings. The van der Waals surface area contributed by atoms with Crippen molar-refractivity contribution < 1.29 is 19.0 Å². The molecule has 2 aromatic rings. The molecule has 1 saturated heterocycles. The van der Waals surface area contributed by atoms with Gasteiger partial charge in [-0.2, -0.15) is 0 Å². The van der Waals surface area contributed by atoms with Crippen LogP contribution in [0.25, 0.3) is 0 Å². The van der Waals surface area contributed by atoms with Gasteiger partial charge in [0.25, 0.3) is 5.91 Å². The Labute approximate surface area is 159 Å². The summed E-state index contributed by atoms with van der Waals surface area (Å²) in [7, 11) is 1.63. The van der Waals surface area contributed by atoms with E-state index in [1.165, 1.54) is 0 Å². The van der Waals surface area contributed by atoms with Crippen LogP contribution in [-0.2, 0) is 0 Å². The number of fused-ring (bicyclic) bond motifs is 1. The Balaban J connectivity index is 1.61. The summed E-state index contributed by atoms with van der Waals surface area (Å²) in [6.07, 6.45) is 2.83. The minimum Gasteiger partial charge on any atom is -0.496 e. The third kappa shape index (κ3) is 3.46. The Morgan fingerprint density at radius 1 is 1.07 bits per heavy atom. The molecule has 0 saturated carbocycles. The van der Waals surface area contributed by atoms with Crippen molar-refractivity contribution in [3.05, 3.63) is 53.1 Å². The van der Waals surface area contributed by atoms with Crippen LogP contribution in [0, 0.1) is 6.92 Å². The van der Waals surface area contributed by atoms with Gasteiger partial charge in [-0.3, -0.25) is 4.79 Å². The lowest BCUT2D eigenvalue weighted by molar-refractivity contribution is 0.0735. The van der Waals surface area contributed by atoms with Crippen molar-refractivity contribution in [2.75, 3.05) is 26.9 Å². The molecule has 2 heterocycles. The number of amides is 1. The molecule has 0 bridgehead atoms. The number of nitrogens with zero attached hydrogens (tertiary/aromatic N) is 1. The fourth-order valence-corrected chi connectivity index (χ4v) is 3.86. The largest absolute Gasteiger partial charge is 0.496 e. The number of hydrogen-bond acceptors (Lipinski definition) is 4. The highest BCUT2D eigenvalue weighted by atomic mass is 16.5. The standard InChI is InChI=1S/C22H25NO4/c1-15-6-7-17(14-20(15)25-2)22(24)23-10-3-5-18(23)16-8-9-19-21(13-16)27-12-4-11-26-19/h6-9,13-14,18H,3-5,10-12H2,1-2H3/t18-/m1/s1. The molecule has 2 aromatic carbocycles. The van der Waals surface area contributed by atoms with Crippen molar-refractivity contribution >= 4 is 5.91 Å². The van der Waals surface area contributed by atoms with Crippen LogP contribution in [0.15, 0.2) is 36.4 Å². The van der Waals surface area contributed by atoms with Crippen LogP contribution in [0.3, 0.4) is 0 Å². The molecule has 2 aliphatic rings.